The number of thioether (sulfide) groups is 1. The number of nitrogens with zero attached hydrogens (tertiary/aromatic N) is 1. The molecule has 4 nitrogen and oxygen atoms in total. The molecule has 1 fully saturated rings. The van der Waals surface area contributed by atoms with Gasteiger partial charge < -0.3 is 10.2 Å². The maximum atomic E-state index is 14.3. The van der Waals surface area contributed by atoms with Gasteiger partial charge in [-0.25, -0.2) is 4.39 Å². The first-order chi connectivity index (χ1) is 14.9. The van der Waals surface area contributed by atoms with E-state index in [0.29, 0.717) is 11.3 Å². The van der Waals surface area contributed by atoms with Crippen LogP contribution in [-0.2, 0) is 21.9 Å². The minimum absolute atomic E-state index is 0.0791. The lowest BCUT2D eigenvalue weighted by molar-refractivity contribution is -0.139. The van der Waals surface area contributed by atoms with E-state index in [-0.39, 0.29) is 36.0 Å². The largest absolute Gasteiger partial charge is 0.352 e. The molecule has 31 heavy (non-hydrogen) atoms. The van der Waals surface area contributed by atoms with Crippen molar-refractivity contribution >= 4 is 23.6 Å². The van der Waals surface area contributed by atoms with E-state index in [1.165, 1.54) is 28.3 Å². The molecule has 0 heterocycles. The Morgan fingerprint density at radius 1 is 1.16 bits per heavy atom. The summed E-state index contributed by atoms with van der Waals surface area (Å²) < 4.78 is 14.3. The Morgan fingerprint density at radius 3 is 2.61 bits per heavy atom. The van der Waals surface area contributed by atoms with Gasteiger partial charge in [-0.15, -0.1) is 11.8 Å². The van der Waals surface area contributed by atoms with Gasteiger partial charge in [0, 0.05) is 23.9 Å². The van der Waals surface area contributed by atoms with Crippen molar-refractivity contribution in [1.82, 2.24) is 10.2 Å². The van der Waals surface area contributed by atoms with Gasteiger partial charge in [0.2, 0.25) is 11.8 Å². The van der Waals surface area contributed by atoms with E-state index >= 15 is 0 Å². The number of hydrogen-bond donors (Lipinski definition) is 1. The fourth-order valence-corrected chi connectivity index (χ4v) is 4.78. The second-order valence-corrected chi connectivity index (χ2v) is 9.25. The molecule has 1 atom stereocenters. The zero-order chi connectivity index (χ0) is 22.2. The van der Waals surface area contributed by atoms with E-state index in [1.54, 1.807) is 25.1 Å². The van der Waals surface area contributed by atoms with Crippen LogP contribution in [0.3, 0.4) is 0 Å². The monoisotopic (exact) mass is 442 g/mol. The average molecular weight is 443 g/mol. The molecule has 2 amide bonds. The number of nitrogens with one attached hydrogen (secondary N) is 1. The maximum Gasteiger partial charge on any atom is 0.242 e. The van der Waals surface area contributed by atoms with Crippen molar-refractivity contribution < 1.29 is 14.0 Å². The molecule has 0 aromatic heterocycles. The lowest BCUT2D eigenvalue weighted by Crippen LogP contribution is -2.50. The molecule has 1 unspecified atom stereocenters. The lowest BCUT2D eigenvalue weighted by atomic mass is 10.1. The Labute approximate surface area is 188 Å². The van der Waals surface area contributed by atoms with Crippen LogP contribution in [0.1, 0.15) is 49.3 Å². The minimum atomic E-state index is -0.660. The van der Waals surface area contributed by atoms with Crippen LogP contribution in [-0.4, -0.2) is 34.6 Å². The fraction of sp³-hybridized carbons (Fsp3) is 0.440. The molecule has 3 rings (SSSR count). The second kappa shape index (κ2) is 11.3. The van der Waals surface area contributed by atoms with Crippen molar-refractivity contribution in [3.8, 4) is 0 Å². The Kier molecular flexibility index (Phi) is 8.52. The fourth-order valence-electron chi connectivity index (χ4n) is 3.93. The van der Waals surface area contributed by atoms with Gasteiger partial charge in [0.25, 0.3) is 0 Å². The van der Waals surface area contributed by atoms with Crippen LogP contribution in [0.15, 0.2) is 48.5 Å². The van der Waals surface area contributed by atoms with Crippen molar-refractivity contribution in [1.29, 1.82) is 0 Å². The van der Waals surface area contributed by atoms with Crippen LogP contribution < -0.4 is 5.32 Å². The maximum absolute atomic E-state index is 14.3. The normalized spacial score (nSPS) is 14.9. The predicted octanol–water partition coefficient (Wildman–Crippen LogP) is 4.84. The summed E-state index contributed by atoms with van der Waals surface area (Å²) in [7, 11) is 0. The van der Waals surface area contributed by atoms with E-state index in [4.69, 9.17) is 0 Å². The van der Waals surface area contributed by atoms with Gasteiger partial charge in [-0.1, -0.05) is 60.9 Å². The van der Waals surface area contributed by atoms with Crippen LogP contribution in [0.25, 0.3) is 0 Å². The van der Waals surface area contributed by atoms with E-state index in [1.807, 2.05) is 25.1 Å². The number of aryl methyl sites for hydroxylation is 1. The average Bonchev–Trinajstić information content (AvgIpc) is 3.25. The van der Waals surface area contributed by atoms with Gasteiger partial charge in [0.05, 0.1) is 5.75 Å². The molecule has 0 bridgehead atoms. The zero-order valence-electron chi connectivity index (χ0n) is 18.3. The van der Waals surface area contributed by atoms with Crippen molar-refractivity contribution in [3.63, 3.8) is 0 Å². The molecule has 1 aliphatic carbocycles. The first-order valence-corrected chi connectivity index (χ1v) is 12.1. The van der Waals surface area contributed by atoms with E-state index in [9.17, 15) is 14.0 Å². The number of rotatable bonds is 9. The molecular formula is C25H31FN2O2S. The van der Waals surface area contributed by atoms with Gasteiger partial charge in [0.1, 0.15) is 11.9 Å². The summed E-state index contributed by atoms with van der Waals surface area (Å²) >= 11 is 1.51. The molecule has 1 aliphatic rings. The molecule has 0 aliphatic heterocycles. The number of amides is 2. The Hall–Kier alpha value is -2.34. The summed E-state index contributed by atoms with van der Waals surface area (Å²) in [6.45, 7) is 3.85. The summed E-state index contributed by atoms with van der Waals surface area (Å²) in [4.78, 5) is 27.5. The highest BCUT2D eigenvalue weighted by Crippen LogP contribution is 2.20. The SMILES string of the molecule is Cc1cccc(CSCC(=O)N(Cc2ccccc2F)C(C)C(=O)NC2CCCC2)c1. The highest BCUT2D eigenvalue weighted by atomic mass is 32.2. The topological polar surface area (TPSA) is 49.4 Å². The quantitative estimate of drug-likeness (QED) is 0.604. The molecule has 0 radical (unpaired) electrons. The summed E-state index contributed by atoms with van der Waals surface area (Å²) in [6, 6.07) is 14.1. The number of carbonyl (C=O) groups is 2. The van der Waals surface area contributed by atoms with Crippen molar-refractivity contribution in [3.05, 3.63) is 71.0 Å². The lowest BCUT2D eigenvalue weighted by Gasteiger charge is -2.29. The molecular weight excluding hydrogens is 411 g/mol. The van der Waals surface area contributed by atoms with E-state index in [2.05, 4.69) is 11.4 Å². The summed E-state index contributed by atoms with van der Waals surface area (Å²) in [5.41, 5.74) is 2.76. The van der Waals surface area contributed by atoms with Crippen LogP contribution in [0, 0.1) is 12.7 Å². The molecule has 2 aromatic carbocycles. The molecule has 1 N–H and O–H groups in total. The summed E-state index contributed by atoms with van der Waals surface area (Å²) in [5, 5.41) is 3.07. The Balaban J connectivity index is 1.66. The summed E-state index contributed by atoms with van der Waals surface area (Å²) in [6.07, 6.45) is 4.19. The van der Waals surface area contributed by atoms with Gasteiger partial charge >= 0.3 is 0 Å². The van der Waals surface area contributed by atoms with Crippen LogP contribution in [0.2, 0.25) is 0 Å². The molecule has 0 saturated heterocycles. The number of benzene rings is 2. The number of halogens is 1. The first-order valence-electron chi connectivity index (χ1n) is 10.9. The third-order valence-corrected chi connectivity index (χ3v) is 6.73. The predicted molar refractivity (Wildman–Crippen MR) is 124 cm³/mol. The Morgan fingerprint density at radius 2 is 1.90 bits per heavy atom. The van der Waals surface area contributed by atoms with Gasteiger partial charge in [-0.3, -0.25) is 9.59 Å². The van der Waals surface area contributed by atoms with Gasteiger partial charge in [0.15, 0.2) is 0 Å². The first kappa shape index (κ1) is 23.3. The van der Waals surface area contributed by atoms with Crippen LogP contribution in [0.4, 0.5) is 4.39 Å². The van der Waals surface area contributed by atoms with Crippen LogP contribution in [0.5, 0.6) is 0 Å². The molecule has 6 heteroatoms. The number of carbonyl (C=O) groups excluding carboxylic acids is 2. The smallest absolute Gasteiger partial charge is 0.242 e. The molecule has 1 saturated carbocycles. The third kappa shape index (κ3) is 6.82. The molecule has 166 valence electrons. The highest BCUT2D eigenvalue weighted by molar-refractivity contribution is 7.99. The van der Waals surface area contributed by atoms with Gasteiger partial charge in [-0.2, -0.15) is 0 Å². The zero-order valence-corrected chi connectivity index (χ0v) is 19.1. The van der Waals surface area contributed by atoms with Crippen LogP contribution >= 0.6 is 11.8 Å². The molecule has 2 aromatic rings. The van der Waals surface area contributed by atoms with Crippen molar-refractivity contribution in [2.75, 3.05) is 5.75 Å². The van der Waals surface area contributed by atoms with E-state index in [0.717, 1.165) is 31.2 Å². The van der Waals surface area contributed by atoms with Gasteiger partial charge in [-0.05, 0) is 38.3 Å². The second-order valence-electron chi connectivity index (χ2n) is 8.26. The van der Waals surface area contributed by atoms with Crippen molar-refractivity contribution in [2.24, 2.45) is 0 Å². The standard InChI is InChI=1S/C25H31FN2O2S/c1-18-8-7-9-20(14-18)16-31-17-24(29)28(15-21-10-3-6-13-23(21)26)19(2)25(30)27-22-11-4-5-12-22/h3,6-10,13-14,19,22H,4-5,11-12,15-17H2,1-2H3,(H,27,30). The highest BCUT2D eigenvalue weighted by Gasteiger charge is 2.28. The summed E-state index contributed by atoms with van der Waals surface area (Å²) in [5.74, 6) is 0.263. The minimum Gasteiger partial charge on any atom is -0.352 e. The molecule has 0 spiro atoms. The van der Waals surface area contributed by atoms with E-state index < -0.39 is 6.04 Å². The Bertz CT molecular complexity index is 899. The van der Waals surface area contributed by atoms with Crippen molar-refractivity contribution in [2.45, 2.75) is 63.9 Å². The number of hydrogen-bond acceptors (Lipinski definition) is 3. The third-order valence-electron chi connectivity index (χ3n) is 5.74.